The Hall–Kier alpha value is -2.83. The summed E-state index contributed by atoms with van der Waals surface area (Å²) in [6, 6.07) is 7.95. The molecular weight excluding hydrogens is 309 g/mol. The summed E-state index contributed by atoms with van der Waals surface area (Å²) in [6.45, 7) is 0.148. The molecule has 0 saturated carbocycles. The van der Waals surface area contributed by atoms with Crippen molar-refractivity contribution in [1.29, 1.82) is 0 Å². The van der Waals surface area contributed by atoms with Crippen molar-refractivity contribution in [2.75, 3.05) is 0 Å². The van der Waals surface area contributed by atoms with Gasteiger partial charge in [-0.25, -0.2) is 4.79 Å². The molecule has 0 fully saturated rings. The average molecular weight is 320 g/mol. The zero-order chi connectivity index (χ0) is 16.6. The van der Waals surface area contributed by atoms with Crippen molar-refractivity contribution in [2.24, 2.45) is 0 Å². The number of carboxylic acid groups (broad SMARTS) is 1. The minimum Gasteiger partial charge on any atom is -0.477 e. The van der Waals surface area contributed by atoms with Crippen LogP contribution in [0.3, 0.4) is 0 Å². The summed E-state index contributed by atoms with van der Waals surface area (Å²) in [5.41, 5.74) is 0.110. The highest BCUT2D eigenvalue weighted by atomic mass is 19.4. The van der Waals surface area contributed by atoms with E-state index in [1.54, 1.807) is 24.5 Å². The van der Waals surface area contributed by atoms with Gasteiger partial charge in [-0.05, 0) is 35.9 Å². The van der Waals surface area contributed by atoms with E-state index in [4.69, 9.17) is 0 Å². The number of fused-ring (bicyclic) bond motifs is 1. The third-order valence-electron chi connectivity index (χ3n) is 3.54. The predicted octanol–water partition coefficient (Wildman–Crippen LogP) is 3.80. The Bertz CT molecular complexity index is 870. The van der Waals surface area contributed by atoms with E-state index in [-0.39, 0.29) is 17.8 Å². The molecule has 0 atom stereocenters. The zero-order valence-electron chi connectivity index (χ0n) is 11.7. The van der Waals surface area contributed by atoms with E-state index in [0.717, 1.165) is 17.7 Å². The number of hydrogen-bond donors (Lipinski definition) is 1. The Morgan fingerprint density at radius 3 is 2.43 bits per heavy atom. The second-order valence-corrected chi connectivity index (χ2v) is 5.05. The molecule has 0 aliphatic rings. The van der Waals surface area contributed by atoms with Gasteiger partial charge in [0.2, 0.25) is 0 Å². The number of nitrogens with zero attached hydrogens (tertiary/aromatic N) is 2. The number of halogens is 3. The number of carbonyl (C=O) groups is 1. The van der Waals surface area contributed by atoms with Gasteiger partial charge >= 0.3 is 12.1 Å². The van der Waals surface area contributed by atoms with Gasteiger partial charge in [-0.1, -0.05) is 6.07 Å². The number of alkyl halides is 3. The molecule has 0 radical (unpaired) electrons. The monoisotopic (exact) mass is 320 g/mol. The van der Waals surface area contributed by atoms with Crippen molar-refractivity contribution in [1.82, 2.24) is 9.55 Å². The molecule has 0 saturated heterocycles. The summed E-state index contributed by atoms with van der Waals surface area (Å²) in [4.78, 5) is 15.3. The van der Waals surface area contributed by atoms with Gasteiger partial charge in [-0.2, -0.15) is 13.2 Å². The van der Waals surface area contributed by atoms with Gasteiger partial charge in [-0.15, -0.1) is 0 Å². The van der Waals surface area contributed by atoms with Crippen LogP contribution in [0.1, 0.15) is 21.6 Å². The van der Waals surface area contributed by atoms with Crippen molar-refractivity contribution in [2.45, 2.75) is 12.7 Å². The number of rotatable bonds is 3. The van der Waals surface area contributed by atoms with E-state index in [9.17, 15) is 23.1 Å². The Morgan fingerprint density at radius 2 is 1.83 bits per heavy atom. The maximum Gasteiger partial charge on any atom is 0.416 e. The van der Waals surface area contributed by atoms with E-state index >= 15 is 0 Å². The van der Waals surface area contributed by atoms with E-state index in [0.29, 0.717) is 5.39 Å². The lowest BCUT2D eigenvalue weighted by molar-refractivity contribution is -0.137. The van der Waals surface area contributed by atoms with E-state index in [1.165, 1.54) is 16.7 Å². The first kappa shape index (κ1) is 15.1. The molecular formula is C16H11F3N2O2. The second kappa shape index (κ2) is 5.42. The van der Waals surface area contributed by atoms with Gasteiger partial charge in [0.05, 0.1) is 5.56 Å². The second-order valence-electron chi connectivity index (χ2n) is 5.05. The number of carboxylic acids is 1. The van der Waals surface area contributed by atoms with Crippen LogP contribution < -0.4 is 0 Å². The summed E-state index contributed by atoms with van der Waals surface area (Å²) in [5.74, 6) is -1.19. The normalized spacial score (nSPS) is 11.8. The predicted molar refractivity (Wildman–Crippen MR) is 77.2 cm³/mol. The highest BCUT2D eigenvalue weighted by molar-refractivity contribution is 5.95. The van der Waals surface area contributed by atoms with Crippen LogP contribution in [0.5, 0.6) is 0 Å². The molecule has 2 heterocycles. The van der Waals surface area contributed by atoms with Crippen molar-refractivity contribution < 1.29 is 23.1 Å². The maximum atomic E-state index is 12.9. The van der Waals surface area contributed by atoms with Gasteiger partial charge in [-0.3, -0.25) is 4.98 Å². The number of aromatic carboxylic acids is 1. The lowest BCUT2D eigenvalue weighted by atomic mass is 10.1. The summed E-state index contributed by atoms with van der Waals surface area (Å²) < 4.78 is 40.1. The summed E-state index contributed by atoms with van der Waals surface area (Å²) >= 11 is 0. The third kappa shape index (κ3) is 2.90. The molecule has 0 amide bonds. The van der Waals surface area contributed by atoms with Crippen LogP contribution >= 0.6 is 0 Å². The number of hydrogen-bond acceptors (Lipinski definition) is 2. The summed E-state index contributed by atoms with van der Waals surface area (Å²) in [6.07, 6.45) is -1.39. The largest absolute Gasteiger partial charge is 0.477 e. The first-order chi connectivity index (χ1) is 10.9. The van der Waals surface area contributed by atoms with Gasteiger partial charge in [0, 0.05) is 29.8 Å². The Morgan fingerprint density at radius 1 is 1.13 bits per heavy atom. The third-order valence-corrected chi connectivity index (χ3v) is 3.54. The molecule has 0 aliphatic carbocycles. The standard InChI is InChI=1S/C16H11F3N2O2/c17-16(18,19)12-2-1-11-7-14(15(22)23)21(13(11)8-12)9-10-3-5-20-6-4-10/h1-8H,9H2,(H,22,23). The topological polar surface area (TPSA) is 55.1 Å². The average Bonchev–Trinajstić information content (AvgIpc) is 2.86. The quantitative estimate of drug-likeness (QED) is 0.798. The van der Waals surface area contributed by atoms with Crippen LogP contribution in [-0.2, 0) is 12.7 Å². The Balaban J connectivity index is 2.19. The lowest BCUT2D eigenvalue weighted by Crippen LogP contribution is -2.10. The molecule has 3 rings (SSSR count). The van der Waals surface area contributed by atoms with Crippen molar-refractivity contribution in [3.63, 3.8) is 0 Å². The molecule has 3 aromatic rings. The number of aromatic nitrogens is 2. The zero-order valence-corrected chi connectivity index (χ0v) is 11.7. The Labute approximate surface area is 128 Å². The number of benzene rings is 1. The molecule has 118 valence electrons. The highest BCUT2D eigenvalue weighted by Crippen LogP contribution is 2.32. The first-order valence-corrected chi connectivity index (χ1v) is 6.69. The fraction of sp³-hybridized carbons (Fsp3) is 0.125. The fourth-order valence-corrected chi connectivity index (χ4v) is 2.45. The van der Waals surface area contributed by atoms with Crippen molar-refractivity contribution in [3.05, 3.63) is 65.6 Å². The van der Waals surface area contributed by atoms with Crippen LogP contribution in [0, 0.1) is 0 Å². The lowest BCUT2D eigenvalue weighted by Gasteiger charge is -2.11. The highest BCUT2D eigenvalue weighted by Gasteiger charge is 2.31. The van der Waals surface area contributed by atoms with Crippen LogP contribution in [0.25, 0.3) is 10.9 Å². The molecule has 0 unspecified atom stereocenters. The van der Waals surface area contributed by atoms with Crippen molar-refractivity contribution >= 4 is 16.9 Å². The van der Waals surface area contributed by atoms with Crippen molar-refractivity contribution in [3.8, 4) is 0 Å². The molecule has 0 spiro atoms. The minimum absolute atomic E-state index is 0.0591. The molecule has 0 aliphatic heterocycles. The van der Waals surface area contributed by atoms with Gasteiger partial charge in [0.1, 0.15) is 5.69 Å². The van der Waals surface area contributed by atoms with Crippen LogP contribution in [0.4, 0.5) is 13.2 Å². The Kier molecular flexibility index (Phi) is 3.55. The summed E-state index contributed by atoms with van der Waals surface area (Å²) in [7, 11) is 0. The molecule has 23 heavy (non-hydrogen) atoms. The van der Waals surface area contributed by atoms with E-state index in [1.807, 2.05) is 0 Å². The summed E-state index contributed by atoms with van der Waals surface area (Å²) in [5, 5.41) is 9.77. The fourth-order valence-electron chi connectivity index (χ4n) is 2.45. The molecule has 1 N–H and O–H groups in total. The maximum absolute atomic E-state index is 12.9. The SMILES string of the molecule is O=C(O)c1cc2ccc(C(F)(F)F)cc2n1Cc1ccncc1. The van der Waals surface area contributed by atoms with Crippen LogP contribution in [-0.4, -0.2) is 20.6 Å². The molecule has 4 nitrogen and oxygen atoms in total. The molecule has 1 aromatic carbocycles. The van der Waals surface area contributed by atoms with Gasteiger partial charge in [0.15, 0.2) is 0 Å². The first-order valence-electron chi connectivity index (χ1n) is 6.69. The number of pyridine rings is 1. The molecule has 0 bridgehead atoms. The molecule has 7 heteroatoms. The minimum atomic E-state index is -4.48. The van der Waals surface area contributed by atoms with Gasteiger partial charge < -0.3 is 9.67 Å². The van der Waals surface area contributed by atoms with Gasteiger partial charge in [0.25, 0.3) is 0 Å². The van der Waals surface area contributed by atoms with E-state index < -0.39 is 17.7 Å². The molecule has 2 aromatic heterocycles. The van der Waals surface area contributed by atoms with Crippen LogP contribution in [0.2, 0.25) is 0 Å². The van der Waals surface area contributed by atoms with E-state index in [2.05, 4.69) is 4.98 Å². The van der Waals surface area contributed by atoms with Crippen LogP contribution in [0.15, 0.2) is 48.8 Å². The smallest absolute Gasteiger partial charge is 0.416 e.